The van der Waals surface area contributed by atoms with Crippen LogP contribution in [0.2, 0.25) is 0 Å². The van der Waals surface area contributed by atoms with Crippen molar-refractivity contribution in [2.75, 3.05) is 31.9 Å². The second kappa shape index (κ2) is 11.9. The van der Waals surface area contributed by atoms with Gasteiger partial charge in [0.25, 0.3) is 0 Å². The van der Waals surface area contributed by atoms with Crippen LogP contribution in [0.3, 0.4) is 0 Å². The van der Waals surface area contributed by atoms with Crippen LogP contribution in [0.25, 0.3) is 0 Å². The Morgan fingerprint density at radius 3 is 2.31 bits per heavy atom. The van der Waals surface area contributed by atoms with Crippen molar-refractivity contribution in [3.05, 3.63) is 90.4 Å². The molecule has 1 aromatic heterocycles. The summed E-state index contributed by atoms with van der Waals surface area (Å²) >= 11 is 0. The molecule has 3 amide bonds. The average Bonchev–Trinajstić information content (AvgIpc) is 3.44. The van der Waals surface area contributed by atoms with E-state index in [1.54, 1.807) is 42.5 Å². The first-order valence-corrected chi connectivity index (χ1v) is 13.5. The predicted octanol–water partition coefficient (Wildman–Crippen LogP) is 2.27. The minimum atomic E-state index is -3.45. The molecule has 10 heteroatoms. The molecule has 190 valence electrons. The van der Waals surface area contributed by atoms with Crippen LogP contribution < -0.4 is 10.6 Å². The molecule has 9 nitrogen and oxygen atoms in total. The van der Waals surface area contributed by atoms with E-state index in [0.717, 1.165) is 5.56 Å². The third kappa shape index (κ3) is 6.73. The summed E-state index contributed by atoms with van der Waals surface area (Å²) in [6, 6.07) is 20.2. The molecule has 2 N–H and O–H groups in total. The fraction of sp³-hybridized carbons (Fsp3) is 0.308. The van der Waals surface area contributed by atoms with Gasteiger partial charge in [-0.25, -0.2) is 13.2 Å². The lowest BCUT2D eigenvalue weighted by atomic mass is 10.1. The zero-order chi connectivity index (χ0) is 25.4. The Balaban J connectivity index is 1.41. The molecule has 2 heterocycles. The van der Waals surface area contributed by atoms with Crippen molar-refractivity contribution in [3.63, 3.8) is 0 Å². The Bertz CT molecular complexity index is 1230. The molecule has 1 aliphatic rings. The molecule has 1 unspecified atom stereocenters. The summed E-state index contributed by atoms with van der Waals surface area (Å²) in [5.41, 5.74) is 0.946. The van der Waals surface area contributed by atoms with Gasteiger partial charge in [-0.1, -0.05) is 48.5 Å². The normalized spacial score (nSPS) is 16.4. The number of carbonyl (C=O) groups excluding carboxylic acids is 2. The van der Waals surface area contributed by atoms with E-state index in [-0.39, 0.29) is 42.2 Å². The summed E-state index contributed by atoms with van der Waals surface area (Å²) in [5.74, 6) is 0.251. The predicted molar refractivity (Wildman–Crippen MR) is 135 cm³/mol. The second-order valence-corrected chi connectivity index (χ2v) is 10.7. The topological polar surface area (TPSA) is 112 Å². The number of furan rings is 1. The minimum Gasteiger partial charge on any atom is -0.467 e. The summed E-state index contributed by atoms with van der Waals surface area (Å²) < 4.78 is 30.7. The molecule has 1 aliphatic heterocycles. The van der Waals surface area contributed by atoms with Gasteiger partial charge in [0.2, 0.25) is 5.91 Å². The molecule has 0 bridgehead atoms. The second-order valence-electron chi connectivity index (χ2n) is 8.58. The highest BCUT2D eigenvalue weighted by Crippen LogP contribution is 2.15. The van der Waals surface area contributed by atoms with Gasteiger partial charge in [0.1, 0.15) is 11.8 Å². The van der Waals surface area contributed by atoms with Gasteiger partial charge in [-0.3, -0.25) is 9.69 Å². The van der Waals surface area contributed by atoms with Crippen molar-refractivity contribution in [2.45, 2.75) is 24.0 Å². The lowest BCUT2D eigenvalue weighted by Crippen LogP contribution is -2.62. The van der Waals surface area contributed by atoms with Crippen LogP contribution in [0.4, 0.5) is 4.79 Å². The molecule has 0 spiro atoms. The van der Waals surface area contributed by atoms with Crippen LogP contribution in [0.1, 0.15) is 11.3 Å². The van der Waals surface area contributed by atoms with Gasteiger partial charge in [0.05, 0.1) is 23.5 Å². The van der Waals surface area contributed by atoms with E-state index < -0.39 is 15.9 Å². The first-order valence-electron chi connectivity index (χ1n) is 11.8. The van der Waals surface area contributed by atoms with Crippen molar-refractivity contribution in [1.29, 1.82) is 0 Å². The number of hydrogen-bond acceptors (Lipinski definition) is 6. The van der Waals surface area contributed by atoms with E-state index >= 15 is 0 Å². The smallest absolute Gasteiger partial charge is 0.318 e. The highest BCUT2D eigenvalue weighted by Gasteiger charge is 2.35. The summed E-state index contributed by atoms with van der Waals surface area (Å²) in [6.07, 6.45) is 1.53. The third-order valence-corrected chi connectivity index (χ3v) is 7.82. The van der Waals surface area contributed by atoms with Gasteiger partial charge >= 0.3 is 6.03 Å². The van der Waals surface area contributed by atoms with E-state index in [1.807, 2.05) is 35.2 Å². The number of amides is 3. The van der Waals surface area contributed by atoms with Crippen LogP contribution in [0, 0.1) is 0 Å². The van der Waals surface area contributed by atoms with Crippen molar-refractivity contribution < 1.29 is 22.4 Å². The summed E-state index contributed by atoms with van der Waals surface area (Å²) in [5, 5.41) is 5.72. The van der Waals surface area contributed by atoms with Gasteiger partial charge in [0.15, 0.2) is 9.84 Å². The average molecular weight is 511 g/mol. The van der Waals surface area contributed by atoms with Gasteiger partial charge in [-0.2, -0.15) is 0 Å². The van der Waals surface area contributed by atoms with Gasteiger partial charge in [-0.05, 0) is 29.8 Å². The van der Waals surface area contributed by atoms with Crippen LogP contribution in [0.5, 0.6) is 0 Å². The summed E-state index contributed by atoms with van der Waals surface area (Å²) in [7, 11) is -3.45. The van der Waals surface area contributed by atoms with Gasteiger partial charge in [-0.15, -0.1) is 0 Å². The highest BCUT2D eigenvalue weighted by molar-refractivity contribution is 7.91. The fourth-order valence-electron chi connectivity index (χ4n) is 4.09. The summed E-state index contributed by atoms with van der Waals surface area (Å²) in [6.45, 7) is 1.79. The van der Waals surface area contributed by atoms with Crippen LogP contribution in [-0.2, 0) is 27.7 Å². The number of urea groups is 1. The Labute approximate surface area is 211 Å². The highest BCUT2D eigenvalue weighted by atomic mass is 32.2. The van der Waals surface area contributed by atoms with Gasteiger partial charge in [0, 0.05) is 32.7 Å². The number of carbonyl (C=O) groups is 2. The zero-order valence-electron chi connectivity index (χ0n) is 19.9. The minimum absolute atomic E-state index is 0.0694. The van der Waals surface area contributed by atoms with E-state index in [2.05, 4.69) is 10.6 Å². The van der Waals surface area contributed by atoms with Gasteiger partial charge < -0.3 is 20.0 Å². The Morgan fingerprint density at radius 1 is 0.889 bits per heavy atom. The number of rotatable bonds is 9. The maximum absolute atomic E-state index is 13.2. The van der Waals surface area contributed by atoms with Crippen molar-refractivity contribution in [1.82, 2.24) is 20.4 Å². The molecule has 0 aliphatic carbocycles. The number of nitrogens with zero attached hydrogens (tertiary/aromatic N) is 2. The monoisotopic (exact) mass is 510 g/mol. The molecule has 1 saturated heterocycles. The van der Waals surface area contributed by atoms with Crippen molar-refractivity contribution in [2.24, 2.45) is 0 Å². The van der Waals surface area contributed by atoms with Crippen LogP contribution in [0.15, 0.2) is 88.4 Å². The Hall–Kier alpha value is -3.63. The van der Waals surface area contributed by atoms with Crippen molar-refractivity contribution in [3.8, 4) is 0 Å². The zero-order valence-corrected chi connectivity index (χ0v) is 20.7. The SMILES string of the molecule is O=C(NCc1ccccc1)C1CN(CCS(=O)(=O)c2ccccc2)CCN1C(=O)NCc1ccco1. The largest absolute Gasteiger partial charge is 0.467 e. The van der Waals surface area contributed by atoms with Crippen LogP contribution >= 0.6 is 0 Å². The number of nitrogens with one attached hydrogen (secondary N) is 2. The molecular formula is C26H30N4O5S. The van der Waals surface area contributed by atoms with E-state index in [4.69, 9.17) is 4.42 Å². The third-order valence-electron chi connectivity index (χ3n) is 6.11. The molecular weight excluding hydrogens is 480 g/mol. The lowest BCUT2D eigenvalue weighted by molar-refractivity contribution is -0.127. The van der Waals surface area contributed by atoms with E-state index in [0.29, 0.717) is 25.4 Å². The standard InChI is InChI=1S/C26H30N4O5S/c31-25(27-18-21-8-3-1-4-9-21)24-20-29(15-17-36(33,34)23-11-5-2-6-12-23)13-14-30(24)26(32)28-19-22-10-7-16-35-22/h1-12,16,24H,13-15,17-20H2,(H,27,31)(H,28,32). The van der Waals surface area contributed by atoms with Crippen molar-refractivity contribution >= 4 is 21.8 Å². The molecule has 3 aromatic rings. The quantitative estimate of drug-likeness (QED) is 0.457. The first-order chi connectivity index (χ1) is 17.4. The molecule has 0 radical (unpaired) electrons. The molecule has 2 aromatic carbocycles. The number of hydrogen-bond donors (Lipinski definition) is 2. The Morgan fingerprint density at radius 2 is 1.61 bits per heavy atom. The molecule has 0 saturated carbocycles. The maximum Gasteiger partial charge on any atom is 0.318 e. The number of benzene rings is 2. The fourth-order valence-corrected chi connectivity index (χ4v) is 5.39. The maximum atomic E-state index is 13.2. The summed E-state index contributed by atoms with van der Waals surface area (Å²) in [4.78, 5) is 29.9. The lowest BCUT2D eigenvalue weighted by Gasteiger charge is -2.40. The first kappa shape index (κ1) is 25.5. The number of piperazine rings is 1. The molecule has 36 heavy (non-hydrogen) atoms. The number of sulfone groups is 1. The van der Waals surface area contributed by atoms with Crippen LogP contribution in [-0.4, -0.2) is 68.1 Å². The van der Waals surface area contributed by atoms with E-state index in [9.17, 15) is 18.0 Å². The van der Waals surface area contributed by atoms with E-state index in [1.165, 1.54) is 11.2 Å². The molecule has 4 rings (SSSR count). The Kier molecular flexibility index (Phi) is 8.40. The molecule has 1 fully saturated rings. The molecule has 1 atom stereocenters.